The molecule has 0 aliphatic heterocycles. The molecule has 2 aromatic rings. The number of hydrogen-bond acceptors (Lipinski definition) is 4. The van der Waals surface area contributed by atoms with Gasteiger partial charge in [0.15, 0.2) is 0 Å². The third-order valence-electron chi connectivity index (χ3n) is 3.96. The van der Waals surface area contributed by atoms with Crippen LogP contribution in [0.1, 0.15) is 40.7 Å². The molecular weight excluding hydrogens is 260 g/mol. The number of nitrogens with two attached hydrogens (primary N) is 1. The van der Waals surface area contributed by atoms with E-state index in [4.69, 9.17) is 10.8 Å². The summed E-state index contributed by atoms with van der Waals surface area (Å²) in [6.45, 7) is 2.21. The van der Waals surface area contributed by atoms with E-state index in [9.17, 15) is 4.79 Å². The first-order valence-corrected chi connectivity index (χ1v) is 7.35. The summed E-state index contributed by atoms with van der Waals surface area (Å²) < 4.78 is 0. The van der Waals surface area contributed by atoms with E-state index >= 15 is 0 Å². The van der Waals surface area contributed by atoms with Gasteiger partial charge in [-0.25, -0.2) is 9.78 Å². The number of thiophene rings is 1. The van der Waals surface area contributed by atoms with E-state index < -0.39 is 5.97 Å². The van der Waals surface area contributed by atoms with E-state index in [0.717, 1.165) is 28.8 Å². The minimum absolute atomic E-state index is 0.205. The fourth-order valence-electron chi connectivity index (χ4n) is 2.77. The summed E-state index contributed by atoms with van der Waals surface area (Å²) in [7, 11) is 0. The van der Waals surface area contributed by atoms with Gasteiger partial charge in [0, 0.05) is 11.1 Å². The van der Waals surface area contributed by atoms with Crippen LogP contribution >= 0.6 is 11.3 Å². The lowest BCUT2D eigenvalue weighted by atomic mass is 9.85. The minimum atomic E-state index is -0.968. The number of rotatable bonds is 2. The minimum Gasteiger partial charge on any atom is -0.477 e. The summed E-state index contributed by atoms with van der Waals surface area (Å²) in [6.07, 6.45) is 4.38. The van der Waals surface area contributed by atoms with Crippen molar-refractivity contribution < 1.29 is 9.90 Å². The number of carboxylic acid groups (broad SMARTS) is 1. The van der Waals surface area contributed by atoms with E-state index in [0.29, 0.717) is 11.6 Å². The number of pyridine rings is 1. The van der Waals surface area contributed by atoms with Crippen LogP contribution in [-0.2, 0) is 12.8 Å². The Morgan fingerprint density at radius 2 is 2.42 bits per heavy atom. The summed E-state index contributed by atoms with van der Waals surface area (Å²) in [4.78, 5) is 16.7. The van der Waals surface area contributed by atoms with Gasteiger partial charge in [0.2, 0.25) is 0 Å². The van der Waals surface area contributed by atoms with Crippen LogP contribution in [0.2, 0.25) is 0 Å². The first-order chi connectivity index (χ1) is 9.10. The number of nitrogen functional groups attached to an aromatic ring is 1. The number of nitrogens with zero attached hydrogens (tertiary/aromatic N) is 1. The van der Waals surface area contributed by atoms with Gasteiger partial charge in [-0.2, -0.15) is 0 Å². The van der Waals surface area contributed by atoms with E-state index in [1.165, 1.54) is 29.7 Å². The summed E-state index contributed by atoms with van der Waals surface area (Å²) in [6, 6.07) is 2.05. The molecule has 1 aliphatic carbocycles. The quantitative estimate of drug-likeness (QED) is 0.883. The van der Waals surface area contributed by atoms with Crippen molar-refractivity contribution in [2.24, 2.45) is 5.92 Å². The SMILES string of the molecule is CC[C@H]1CCc2nc3sc(C(=O)O)c(N)c3cc2C1. The number of fused-ring (bicyclic) bond motifs is 2. The van der Waals surface area contributed by atoms with Gasteiger partial charge in [0.25, 0.3) is 0 Å². The van der Waals surface area contributed by atoms with Gasteiger partial charge >= 0.3 is 5.97 Å². The second-order valence-corrected chi connectivity index (χ2v) is 6.11. The molecule has 0 aromatic carbocycles. The summed E-state index contributed by atoms with van der Waals surface area (Å²) in [5, 5.41) is 9.92. The molecule has 0 amide bonds. The largest absolute Gasteiger partial charge is 0.477 e. The molecule has 4 nitrogen and oxygen atoms in total. The van der Waals surface area contributed by atoms with Crippen molar-refractivity contribution in [3.63, 3.8) is 0 Å². The fraction of sp³-hybridized carbons (Fsp3) is 0.429. The summed E-state index contributed by atoms with van der Waals surface area (Å²) >= 11 is 1.18. The van der Waals surface area contributed by atoms with Crippen molar-refractivity contribution in [2.45, 2.75) is 32.6 Å². The van der Waals surface area contributed by atoms with E-state index in [1.54, 1.807) is 0 Å². The summed E-state index contributed by atoms with van der Waals surface area (Å²) in [5.74, 6) is -0.254. The number of aromatic carboxylic acids is 1. The lowest BCUT2D eigenvalue weighted by Crippen LogP contribution is -2.14. The third-order valence-corrected chi connectivity index (χ3v) is 5.06. The molecule has 100 valence electrons. The van der Waals surface area contributed by atoms with Gasteiger partial charge in [-0.1, -0.05) is 13.3 Å². The highest BCUT2D eigenvalue weighted by atomic mass is 32.1. The number of carboxylic acids is 1. The zero-order chi connectivity index (χ0) is 13.6. The maximum absolute atomic E-state index is 11.1. The number of anilines is 1. The van der Waals surface area contributed by atoms with Crippen LogP contribution in [0, 0.1) is 5.92 Å². The van der Waals surface area contributed by atoms with Crippen molar-refractivity contribution in [2.75, 3.05) is 5.73 Å². The molecule has 1 aliphatic rings. The lowest BCUT2D eigenvalue weighted by Gasteiger charge is -2.22. The zero-order valence-electron chi connectivity index (χ0n) is 10.8. The van der Waals surface area contributed by atoms with Crippen LogP contribution in [0.15, 0.2) is 6.07 Å². The maximum Gasteiger partial charge on any atom is 0.348 e. The van der Waals surface area contributed by atoms with E-state index in [2.05, 4.69) is 18.0 Å². The highest BCUT2D eigenvalue weighted by Crippen LogP contribution is 2.36. The molecule has 0 unspecified atom stereocenters. The second-order valence-electron chi connectivity index (χ2n) is 5.11. The predicted molar refractivity (Wildman–Crippen MR) is 76.8 cm³/mol. The Hall–Kier alpha value is -1.62. The average Bonchev–Trinajstić information content (AvgIpc) is 2.73. The Morgan fingerprint density at radius 3 is 3.11 bits per heavy atom. The van der Waals surface area contributed by atoms with Crippen molar-refractivity contribution in [3.05, 3.63) is 22.2 Å². The Morgan fingerprint density at radius 1 is 1.63 bits per heavy atom. The molecule has 2 heterocycles. The predicted octanol–water partition coefficient (Wildman–Crippen LogP) is 3.09. The van der Waals surface area contributed by atoms with Gasteiger partial charge in [0.1, 0.15) is 9.71 Å². The van der Waals surface area contributed by atoms with Gasteiger partial charge in [-0.05, 0) is 36.8 Å². The molecular formula is C14H16N2O2S. The highest BCUT2D eigenvalue weighted by molar-refractivity contribution is 7.21. The number of aryl methyl sites for hydroxylation is 1. The zero-order valence-corrected chi connectivity index (χ0v) is 11.6. The molecule has 0 saturated carbocycles. The number of hydrogen-bond donors (Lipinski definition) is 2. The lowest BCUT2D eigenvalue weighted by molar-refractivity contribution is 0.0703. The van der Waals surface area contributed by atoms with Gasteiger partial charge < -0.3 is 10.8 Å². The van der Waals surface area contributed by atoms with Crippen LogP contribution in [0.4, 0.5) is 5.69 Å². The topological polar surface area (TPSA) is 76.2 Å². The first kappa shape index (κ1) is 12.4. The van der Waals surface area contributed by atoms with Crippen LogP contribution in [0.3, 0.4) is 0 Å². The Kier molecular flexibility index (Phi) is 2.93. The molecule has 0 bridgehead atoms. The molecule has 0 saturated heterocycles. The van der Waals surface area contributed by atoms with Crippen LogP contribution in [0.5, 0.6) is 0 Å². The number of aromatic nitrogens is 1. The molecule has 0 radical (unpaired) electrons. The Balaban J connectivity index is 2.14. The fourth-order valence-corrected chi connectivity index (χ4v) is 3.71. The van der Waals surface area contributed by atoms with Gasteiger partial charge in [-0.15, -0.1) is 11.3 Å². The molecule has 3 rings (SSSR count). The highest BCUT2D eigenvalue weighted by Gasteiger charge is 2.22. The Labute approximate surface area is 115 Å². The van der Waals surface area contributed by atoms with Crippen molar-refractivity contribution in [1.82, 2.24) is 4.98 Å². The van der Waals surface area contributed by atoms with E-state index in [1.807, 2.05) is 0 Å². The van der Waals surface area contributed by atoms with Crippen molar-refractivity contribution in [1.29, 1.82) is 0 Å². The summed E-state index contributed by atoms with van der Waals surface area (Å²) in [5.41, 5.74) is 8.66. The smallest absolute Gasteiger partial charge is 0.348 e. The average molecular weight is 276 g/mol. The monoisotopic (exact) mass is 276 g/mol. The van der Waals surface area contributed by atoms with Crippen LogP contribution < -0.4 is 5.73 Å². The Bertz CT molecular complexity index is 663. The number of carbonyl (C=O) groups is 1. The second kappa shape index (κ2) is 4.49. The van der Waals surface area contributed by atoms with Crippen LogP contribution in [0.25, 0.3) is 10.2 Å². The van der Waals surface area contributed by atoms with Crippen molar-refractivity contribution in [3.8, 4) is 0 Å². The molecule has 19 heavy (non-hydrogen) atoms. The first-order valence-electron chi connectivity index (χ1n) is 6.54. The van der Waals surface area contributed by atoms with E-state index in [-0.39, 0.29) is 4.88 Å². The maximum atomic E-state index is 11.1. The molecule has 0 spiro atoms. The molecule has 3 N–H and O–H groups in total. The molecule has 2 aromatic heterocycles. The normalized spacial score (nSPS) is 18.5. The van der Waals surface area contributed by atoms with Gasteiger partial charge in [-0.3, -0.25) is 0 Å². The third kappa shape index (κ3) is 1.98. The van der Waals surface area contributed by atoms with Crippen LogP contribution in [-0.4, -0.2) is 16.1 Å². The standard InChI is InChI=1S/C14H16N2O2S/c1-2-7-3-4-10-8(5-7)6-9-11(15)12(14(17)18)19-13(9)16-10/h6-7H,2-5,15H2,1H3,(H,17,18)/t7-/m0/s1. The van der Waals surface area contributed by atoms with Crippen molar-refractivity contribution >= 4 is 33.2 Å². The van der Waals surface area contributed by atoms with Gasteiger partial charge in [0.05, 0.1) is 5.69 Å². The molecule has 1 atom stereocenters. The molecule has 0 fully saturated rings. The molecule has 5 heteroatoms.